The molecule has 22 heavy (non-hydrogen) atoms. The van der Waals surface area contributed by atoms with E-state index < -0.39 is 23.8 Å². The molecule has 4 amide bonds. The minimum Gasteiger partial charge on any atom is -0.493 e. The second-order valence-electron chi connectivity index (χ2n) is 4.29. The lowest BCUT2D eigenvalue weighted by Crippen LogP contribution is -2.51. The van der Waals surface area contributed by atoms with Crippen molar-refractivity contribution in [1.82, 2.24) is 10.6 Å². The van der Waals surface area contributed by atoms with Crippen LogP contribution in [-0.2, 0) is 9.59 Å². The Labute approximate surface area is 124 Å². The summed E-state index contributed by atoms with van der Waals surface area (Å²) in [6.07, 6.45) is 1.19. The number of benzene rings is 1. The molecular formula is C14H12N2O6. The fourth-order valence-corrected chi connectivity index (χ4v) is 1.86. The van der Waals surface area contributed by atoms with Crippen LogP contribution in [0.4, 0.5) is 4.79 Å². The van der Waals surface area contributed by atoms with Crippen LogP contribution in [0.1, 0.15) is 22.8 Å². The van der Waals surface area contributed by atoms with Crippen molar-refractivity contribution in [3.8, 4) is 5.75 Å². The third kappa shape index (κ3) is 3.11. The standard InChI is InChI=1S/C14H12N2O6/c1-2-22-10-4-3-7(5-8(10)13(19)20)6-9-11(17)15-14(21)16-12(9)18/h3-6H,2H2,1H3,(H,19,20)(H2,15,16,17,18,21). The second kappa shape index (κ2) is 6.08. The van der Waals surface area contributed by atoms with Gasteiger partial charge in [-0.05, 0) is 30.7 Å². The number of hydrogen-bond donors (Lipinski definition) is 3. The van der Waals surface area contributed by atoms with Crippen molar-refractivity contribution in [3.63, 3.8) is 0 Å². The molecule has 1 fully saturated rings. The Morgan fingerprint density at radius 3 is 2.41 bits per heavy atom. The van der Waals surface area contributed by atoms with Crippen molar-refractivity contribution < 1.29 is 29.0 Å². The fourth-order valence-electron chi connectivity index (χ4n) is 1.86. The minimum absolute atomic E-state index is 0.0936. The quantitative estimate of drug-likeness (QED) is 0.551. The van der Waals surface area contributed by atoms with Crippen molar-refractivity contribution in [2.45, 2.75) is 6.92 Å². The molecule has 2 rings (SSSR count). The lowest BCUT2D eigenvalue weighted by atomic mass is 10.1. The number of aromatic carboxylic acids is 1. The number of rotatable bonds is 4. The molecule has 3 N–H and O–H groups in total. The number of barbiturate groups is 1. The first kappa shape index (κ1) is 15.2. The van der Waals surface area contributed by atoms with E-state index in [1.165, 1.54) is 24.3 Å². The molecule has 114 valence electrons. The monoisotopic (exact) mass is 304 g/mol. The topological polar surface area (TPSA) is 122 Å². The van der Waals surface area contributed by atoms with Gasteiger partial charge < -0.3 is 9.84 Å². The van der Waals surface area contributed by atoms with Gasteiger partial charge in [0.2, 0.25) is 0 Å². The number of imide groups is 2. The normalized spacial score (nSPS) is 14.2. The molecule has 0 aromatic heterocycles. The van der Waals surface area contributed by atoms with Crippen molar-refractivity contribution in [2.24, 2.45) is 0 Å². The van der Waals surface area contributed by atoms with Gasteiger partial charge in [-0.1, -0.05) is 6.07 Å². The van der Waals surface area contributed by atoms with Crippen LogP contribution in [0.2, 0.25) is 0 Å². The van der Waals surface area contributed by atoms with E-state index in [1.807, 2.05) is 10.6 Å². The highest BCUT2D eigenvalue weighted by atomic mass is 16.5. The smallest absolute Gasteiger partial charge is 0.339 e. The van der Waals surface area contributed by atoms with Crippen LogP contribution >= 0.6 is 0 Å². The zero-order valence-corrected chi connectivity index (χ0v) is 11.5. The number of carboxylic acid groups (broad SMARTS) is 1. The van der Waals surface area contributed by atoms with Crippen molar-refractivity contribution in [2.75, 3.05) is 6.61 Å². The van der Waals surface area contributed by atoms with E-state index in [4.69, 9.17) is 9.84 Å². The van der Waals surface area contributed by atoms with E-state index in [-0.39, 0.29) is 16.9 Å². The van der Waals surface area contributed by atoms with E-state index in [9.17, 15) is 19.2 Å². The Bertz CT molecular complexity index is 685. The number of urea groups is 1. The van der Waals surface area contributed by atoms with E-state index >= 15 is 0 Å². The van der Waals surface area contributed by atoms with Crippen LogP contribution in [-0.4, -0.2) is 35.5 Å². The second-order valence-corrected chi connectivity index (χ2v) is 4.29. The largest absolute Gasteiger partial charge is 0.493 e. The third-order valence-corrected chi connectivity index (χ3v) is 2.79. The first-order valence-corrected chi connectivity index (χ1v) is 6.31. The third-order valence-electron chi connectivity index (χ3n) is 2.79. The highest BCUT2D eigenvalue weighted by Gasteiger charge is 2.27. The van der Waals surface area contributed by atoms with Gasteiger partial charge in [0, 0.05) is 0 Å². The molecule has 1 aliphatic rings. The predicted octanol–water partition coefficient (Wildman–Crippen LogP) is 0.533. The fraction of sp³-hybridized carbons (Fsp3) is 0.143. The van der Waals surface area contributed by atoms with Crippen LogP contribution in [0.5, 0.6) is 5.75 Å². The van der Waals surface area contributed by atoms with Gasteiger partial charge in [0.1, 0.15) is 16.9 Å². The Hall–Kier alpha value is -3.16. The van der Waals surface area contributed by atoms with Crippen LogP contribution < -0.4 is 15.4 Å². The Kier molecular flexibility index (Phi) is 4.21. The summed E-state index contributed by atoms with van der Waals surface area (Å²) in [6.45, 7) is 2.02. The van der Waals surface area contributed by atoms with Crippen LogP contribution in [0.15, 0.2) is 23.8 Å². The zero-order chi connectivity index (χ0) is 16.3. The first-order chi connectivity index (χ1) is 10.4. The summed E-state index contributed by atoms with van der Waals surface area (Å²) < 4.78 is 5.19. The van der Waals surface area contributed by atoms with Gasteiger partial charge in [0.15, 0.2) is 0 Å². The molecule has 0 spiro atoms. The number of carboxylic acids is 1. The average Bonchev–Trinajstić information content (AvgIpc) is 2.44. The van der Waals surface area contributed by atoms with Crippen LogP contribution in [0, 0.1) is 0 Å². The molecule has 0 atom stereocenters. The summed E-state index contributed by atoms with van der Waals surface area (Å²) in [6, 6.07) is 3.31. The van der Waals surface area contributed by atoms with E-state index in [0.29, 0.717) is 12.2 Å². The molecule has 1 saturated heterocycles. The highest BCUT2D eigenvalue weighted by molar-refractivity contribution is 6.31. The molecule has 8 heteroatoms. The number of ether oxygens (including phenoxy) is 1. The molecule has 1 heterocycles. The number of carbonyl (C=O) groups is 4. The van der Waals surface area contributed by atoms with Gasteiger partial charge in [-0.3, -0.25) is 20.2 Å². The molecular weight excluding hydrogens is 292 g/mol. The molecule has 0 aliphatic carbocycles. The Morgan fingerprint density at radius 1 is 1.23 bits per heavy atom. The highest BCUT2D eigenvalue weighted by Crippen LogP contribution is 2.22. The number of hydrogen-bond acceptors (Lipinski definition) is 5. The SMILES string of the molecule is CCOc1ccc(C=C2C(=O)NC(=O)NC2=O)cc1C(=O)O. The van der Waals surface area contributed by atoms with E-state index in [0.717, 1.165) is 0 Å². The van der Waals surface area contributed by atoms with Crippen LogP contribution in [0.3, 0.4) is 0 Å². The van der Waals surface area contributed by atoms with Gasteiger partial charge in [0.05, 0.1) is 6.61 Å². The summed E-state index contributed by atoms with van der Waals surface area (Å²) in [4.78, 5) is 45.4. The zero-order valence-electron chi connectivity index (χ0n) is 11.5. The van der Waals surface area contributed by atoms with Crippen LogP contribution in [0.25, 0.3) is 6.08 Å². The number of carbonyl (C=O) groups excluding carboxylic acids is 3. The summed E-state index contributed by atoms with van der Waals surface area (Å²) in [7, 11) is 0. The summed E-state index contributed by atoms with van der Waals surface area (Å²) in [5, 5.41) is 13.0. The van der Waals surface area contributed by atoms with Gasteiger partial charge in [-0.15, -0.1) is 0 Å². The Balaban J connectivity index is 2.41. The molecule has 0 unspecified atom stereocenters. The molecule has 0 radical (unpaired) electrons. The molecule has 1 aliphatic heterocycles. The van der Waals surface area contributed by atoms with E-state index in [2.05, 4.69) is 0 Å². The molecule has 8 nitrogen and oxygen atoms in total. The van der Waals surface area contributed by atoms with Gasteiger partial charge in [-0.25, -0.2) is 9.59 Å². The minimum atomic E-state index is -1.20. The van der Waals surface area contributed by atoms with Gasteiger partial charge >= 0.3 is 12.0 Å². The number of nitrogens with one attached hydrogen (secondary N) is 2. The average molecular weight is 304 g/mol. The maximum absolute atomic E-state index is 11.6. The van der Waals surface area contributed by atoms with Gasteiger partial charge in [0.25, 0.3) is 11.8 Å². The van der Waals surface area contributed by atoms with Crippen molar-refractivity contribution in [3.05, 3.63) is 34.9 Å². The summed E-state index contributed by atoms with van der Waals surface area (Å²) in [5.41, 5.74) is -0.0699. The lowest BCUT2D eigenvalue weighted by Gasteiger charge is -2.14. The maximum Gasteiger partial charge on any atom is 0.339 e. The summed E-state index contributed by atoms with van der Waals surface area (Å²) >= 11 is 0. The molecule has 1 aromatic carbocycles. The Morgan fingerprint density at radius 2 is 1.86 bits per heavy atom. The first-order valence-electron chi connectivity index (χ1n) is 6.31. The van der Waals surface area contributed by atoms with Crippen molar-refractivity contribution >= 4 is 29.9 Å². The van der Waals surface area contributed by atoms with Crippen molar-refractivity contribution in [1.29, 1.82) is 0 Å². The van der Waals surface area contributed by atoms with E-state index in [1.54, 1.807) is 6.92 Å². The van der Waals surface area contributed by atoms with Gasteiger partial charge in [-0.2, -0.15) is 0 Å². The molecule has 0 saturated carbocycles. The molecule has 1 aromatic rings. The lowest BCUT2D eigenvalue weighted by molar-refractivity contribution is -0.123. The molecule has 0 bridgehead atoms. The summed E-state index contributed by atoms with van der Waals surface area (Å²) in [5.74, 6) is -2.71. The number of amides is 4. The maximum atomic E-state index is 11.6. The predicted molar refractivity (Wildman–Crippen MR) is 74.2 cm³/mol.